The van der Waals surface area contributed by atoms with Crippen LogP contribution in [0.5, 0.6) is 0 Å². The molecule has 0 aromatic rings. The van der Waals surface area contributed by atoms with Crippen LogP contribution in [0.3, 0.4) is 0 Å². The fourth-order valence-electron chi connectivity index (χ4n) is 2.45. The molecule has 0 N–H and O–H groups in total. The molecule has 0 aliphatic heterocycles. The van der Waals surface area contributed by atoms with Gasteiger partial charge in [0, 0.05) is 6.61 Å². The van der Waals surface area contributed by atoms with Gasteiger partial charge in [-0.25, -0.2) is 0 Å². The molecule has 0 aromatic carbocycles. The summed E-state index contributed by atoms with van der Waals surface area (Å²) in [4.78, 5) is 10.8. The molecule has 0 rings (SSSR count). The van der Waals surface area contributed by atoms with Crippen LogP contribution in [0.15, 0.2) is 0 Å². The van der Waals surface area contributed by atoms with Gasteiger partial charge in [0.1, 0.15) is 0 Å². The summed E-state index contributed by atoms with van der Waals surface area (Å²) in [6.07, 6.45) is 15.2. The van der Waals surface area contributed by atoms with Crippen molar-refractivity contribution in [2.75, 3.05) is 33.5 Å². The van der Waals surface area contributed by atoms with Crippen molar-refractivity contribution in [2.45, 2.75) is 84.0 Å². The maximum atomic E-state index is 10.8. The van der Waals surface area contributed by atoms with Gasteiger partial charge in [-0.15, -0.1) is 0 Å². The van der Waals surface area contributed by atoms with Gasteiger partial charge >= 0.3 is 5.97 Å². The van der Waals surface area contributed by atoms with E-state index in [1.54, 1.807) is 0 Å². The second kappa shape index (κ2) is 19.4. The fourth-order valence-corrected chi connectivity index (χ4v) is 2.45. The van der Waals surface area contributed by atoms with Crippen LogP contribution in [0, 0.1) is 0 Å². The summed E-state index contributed by atoms with van der Waals surface area (Å²) in [5, 5.41) is 0. The highest BCUT2D eigenvalue weighted by Gasteiger charge is 1.99. The van der Waals surface area contributed by atoms with Crippen LogP contribution in [-0.2, 0) is 19.0 Å². The van der Waals surface area contributed by atoms with Gasteiger partial charge in [0.15, 0.2) is 0 Å². The Bertz CT molecular complexity index is 244. The van der Waals surface area contributed by atoms with E-state index in [2.05, 4.69) is 11.7 Å². The fraction of sp³-hybridized carbons (Fsp3) is 0.947. The van der Waals surface area contributed by atoms with Gasteiger partial charge in [-0.1, -0.05) is 71.1 Å². The molecule has 0 bridgehead atoms. The van der Waals surface area contributed by atoms with Crippen LogP contribution < -0.4 is 0 Å². The molecule has 138 valence electrons. The Balaban J connectivity index is 2.99. The number of methoxy groups -OCH3 is 1. The molecule has 0 aromatic heterocycles. The van der Waals surface area contributed by atoms with Crippen molar-refractivity contribution in [3.8, 4) is 0 Å². The number of hydrogen-bond donors (Lipinski definition) is 0. The SMILES string of the molecule is CCCCCCCCCCCCCOCCOCCC(=O)OC. The minimum absolute atomic E-state index is 0.230. The number of esters is 1. The molecule has 0 aliphatic carbocycles. The molecule has 0 fully saturated rings. The topological polar surface area (TPSA) is 44.8 Å². The van der Waals surface area contributed by atoms with Gasteiger partial charge < -0.3 is 14.2 Å². The van der Waals surface area contributed by atoms with Crippen molar-refractivity contribution in [3.05, 3.63) is 0 Å². The van der Waals surface area contributed by atoms with Gasteiger partial charge in [0.05, 0.1) is 33.4 Å². The van der Waals surface area contributed by atoms with Gasteiger partial charge in [-0.05, 0) is 6.42 Å². The summed E-state index contributed by atoms with van der Waals surface area (Å²) < 4.78 is 15.3. The Labute approximate surface area is 143 Å². The van der Waals surface area contributed by atoms with Crippen LogP contribution in [0.2, 0.25) is 0 Å². The molecule has 0 aliphatic rings. The lowest BCUT2D eigenvalue weighted by molar-refractivity contribution is -0.141. The normalized spacial score (nSPS) is 10.9. The van der Waals surface area contributed by atoms with E-state index >= 15 is 0 Å². The Morgan fingerprint density at radius 2 is 1.13 bits per heavy atom. The molecular weight excluding hydrogens is 292 g/mol. The minimum atomic E-state index is -0.230. The van der Waals surface area contributed by atoms with Crippen molar-refractivity contribution in [1.29, 1.82) is 0 Å². The lowest BCUT2D eigenvalue weighted by Crippen LogP contribution is -2.09. The predicted molar refractivity (Wildman–Crippen MR) is 94.7 cm³/mol. The molecule has 0 saturated carbocycles. The van der Waals surface area contributed by atoms with E-state index in [-0.39, 0.29) is 5.97 Å². The first-order valence-electron chi connectivity index (χ1n) is 9.53. The molecule has 0 amide bonds. The van der Waals surface area contributed by atoms with E-state index in [1.807, 2.05) is 0 Å². The lowest BCUT2D eigenvalue weighted by atomic mass is 10.1. The molecule has 0 unspecified atom stereocenters. The third-order valence-corrected chi connectivity index (χ3v) is 3.94. The first-order valence-corrected chi connectivity index (χ1v) is 9.53. The van der Waals surface area contributed by atoms with Crippen LogP contribution in [0.25, 0.3) is 0 Å². The molecular formula is C19H38O4. The van der Waals surface area contributed by atoms with Crippen molar-refractivity contribution in [3.63, 3.8) is 0 Å². The highest BCUT2D eigenvalue weighted by Crippen LogP contribution is 2.11. The highest BCUT2D eigenvalue weighted by atomic mass is 16.5. The van der Waals surface area contributed by atoms with Gasteiger partial charge in [0.2, 0.25) is 0 Å². The third kappa shape index (κ3) is 19.3. The highest BCUT2D eigenvalue weighted by molar-refractivity contribution is 5.69. The summed E-state index contributed by atoms with van der Waals surface area (Å²) in [6.45, 7) is 4.65. The predicted octanol–water partition coefficient (Wildman–Crippen LogP) is 4.89. The summed E-state index contributed by atoms with van der Waals surface area (Å²) in [7, 11) is 1.39. The number of unbranched alkanes of at least 4 members (excludes halogenated alkanes) is 10. The number of hydrogen-bond acceptors (Lipinski definition) is 4. The van der Waals surface area contributed by atoms with Crippen molar-refractivity contribution >= 4 is 5.97 Å². The number of rotatable bonds is 18. The summed E-state index contributed by atoms with van der Waals surface area (Å²) >= 11 is 0. The van der Waals surface area contributed by atoms with E-state index in [0.717, 1.165) is 13.0 Å². The molecule has 23 heavy (non-hydrogen) atoms. The quantitative estimate of drug-likeness (QED) is 0.265. The van der Waals surface area contributed by atoms with Gasteiger partial charge in [-0.2, -0.15) is 0 Å². The Hall–Kier alpha value is -0.610. The minimum Gasteiger partial charge on any atom is -0.469 e. The summed E-state index contributed by atoms with van der Waals surface area (Å²) in [5.74, 6) is -0.230. The second-order valence-electron chi connectivity index (χ2n) is 6.09. The van der Waals surface area contributed by atoms with E-state index in [0.29, 0.717) is 26.2 Å². The zero-order valence-corrected chi connectivity index (χ0v) is 15.4. The Kier molecular flexibility index (Phi) is 18.9. The smallest absolute Gasteiger partial charge is 0.307 e. The van der Waals surface area contributed by atoms with Crippen molar-refractivity contribution in [2.24, 2.45) is 0 Å². The van der Waals surface area contributed by atoms with Crippen LogP contribution in [-0.4, -0.2) is 39.5 Å². The average molecular weight is 331 g/mol. The molecule has 0 atom stereocenters. The maximum absolute atomic E-state index is 10.8. The van der Waals surface area contributed by atoms with Crippen LogP contribution in [0.1, 0.15) is 84.0 Å². The zero-order chi connectivity index (χ0) is 17.0. The number of carbonyl (C=O) groups is 1. The standard InChI is InChI=1S/C19H38O4/c1-3-4-5-6-7-8-9-10-11-12-13-15-22-17-18-23-16-14-19(20)21-2/h3-18H2,1-2H3. The Morgan fingerprint density at radius 1 is 0.652 bits per heavy atom. The monoisotopic (exact) mass is 330 g/mol. The number of carbonyl (C=O) groups excluding carboxylic acids is 1. The molecule has 0 radical (unpaired) electrons. The molecule has 4 heteroatoms. The van der Waals surface area contributed by atoms with Crippen molar-refractivity contribution < 1.29 is 19.0 Å². The Morgan fingerprint density at radius 3 is 1.65 bits per heavy atom. The van der Waals surface area contributed by atoms with Crippen LogP contribution >= 0.6 is 0 Å². The number of ether oxygens (including phenoxy) is 3. The van der Waals surface area contributed by atoms with Gasteiger partial charge in [0.25, 0.3) is 0 Å². The lowest BCUT2D eigenvalue weighted by Gasteiger charge is -2.06. The van der Waals surface area contributed by atoms with Crippen LogP contribution in [0.4, 0.5) is 0 Å². The van der Waals surface area contributed by atoms with E-state index in [4.69, 9.17) is 9.47 Å². The van der Waals surface area contributed by atoms with E-state index in [9.17, 15) is 4.79 Å². The first kappa shape index (κ1) is 22.4. The summed E-state index contributed by atoms with van der Waals surface area (Å²) in [5.41, 5.74) is 0. The average Bonchev–Trinajstić information content (AvgIpc) is 2.57. The molecule has 4 nitrogen and oxygen atoms in total. The largest absolute Gasteiger partial charge is 0.469 e. The van der Waals surface area contributed by atoms with Gasteiger partial charge in [-0.3, -0.25) is 4.79 Å². The maximum Gasteiger partial charge on any atom is 0.307 e. The molecule has 0 heterocycles. The third-order valence-electron chi connectivity index (χ3n) is 3.94. The van der Waals surface area contributed by atoms with E-state index < -0.39 is 0 Å². The molecule has 0 spiro atoms. The second-order valence-corrected chi connectivity index (χ2v) is 6.09. The summed E-state index contributed by atoms with van der Waals surface area (Å²) in [6, 6.07) is 0. The van der Waals surface area contributed by atoms with E-state index in [1.165, 1.54) is 71.3 Å². The first-order chi connectivity index (χ1) is 11.3. The van der Waals surface area contributed by atoms with Crippen molar-refractivity contribution in [1.82, 2.24) is 0 Å². The molecule has 0 saturated heterocycles. The zero-order valence-electron chi connectivity index (χ0n) is 15.4.